The smallest absolute Gasteiger partial charge is 0.159 e. The van der Waals surface area contributed by atoms with E-state index in [1.807, 2.05) is 18.2 Å². The Morgan fingerprint density at radius 2 is 1.03 bits per heavy atom. The predicted octanol–water partition coefficient (Wildman–Crippen LogP) is 15.9. The summed E-state index contributed by atoms with van der Waals surface area (Å²) in [5.41, 5.74) is 16.5. The lowest BCUT2D eigenvalue weighted by Gasteiger charge is -2.32. The fourth-order valence-electron chi connectivity index (χ4n) is 10.7. The number of benzene rings is 10. The minimum Gasteiger partial charge on any atom is -0.455 e. The van der Waals surface area contributed by atoms with Gasteiger partial charge < -0.3 is 18.7 Å². The second-order valence-corrected chi connectivity index (χ2v) is 17.9. The van der Waals surface area contributed by atoms with E-state index < -0.39 is 0 Å². The molecule has 10 aromatic carbocycles. The maximum atomic E-state index is 7.00. The van der Waals surface area contributed by atoms with Crippen LogP contribution in [0, 0.1) is 0 Å². The van der Waals surface area contributed by atoms with E-state index in [-0.39, 0.29) is 12.3 Å². The molecule has 6 heteroatoms. The highest BCUT2D eigenvalue weighted by atomic mass is 16.3. The molecule has 2 unspecified atom stereocenters. The maximum Gasteiger partial charge on any atom is 0.159 e. The number of hydrogen-bond acceptors (Lipinski definition) is 5. The SMILES string of the molecule is c1ccc(C2=NC(c3ccccc3)NC(c3cccc(-c4ccc(-c5cccc6oc7c(-n8c9ccccc9c9cc(-c%10ccccc%10)ccc98)cccc7c56)c5oc6ccccc6c45)c3)N2)cc1. The van der Waals surface area contributed by atoms with E-state index in [4.69, 9.17) is 13.8 Å². The van der Waals surface area contributed by atoms with Crippen molar-refractivity contribution in [3.8, 4) is 39.1 Å². The van der Waals surface area contributed by atoms with Gasteiger partial charge in [-0.1, -0.05) is 182 Å². The fraction of sp³-hybridized carbons (Fsp3) is 0.0317. The van der Waals surface area contributed by atoms with Gasteiger partial charge in [-0.2, -0.15) is 0 Å². The number of rotatable bonds is 7. The van der Waals surface area contributed by atoms with Crippen LogP contribution in [0.4, 0.5) is 0 Å². The molecule has 3 aromatic heterocycles. The molecule has 13 aromatic rings. The Kier molecular flexibility index (Phi) is 9.00. The molecule has 2 atom stereocenters. The Morgan fingerprint density at radius 3 is 1.88 bits per heavy atom. The van der Waals surface area contributed by atoms with E-state index >= 15 is 0 Å². The van der Waals surface area contributed by atoms with Gasteiger partial charge in [-0.25, -0.2) is 4.99 Å². The molecule has 1 aliphatic heterocycles. The molecule has 0 fully saturated rings. The van der Waals surface area contributed by atoms with Gasteiger partial charge in [0.25, 0.3) is 0 Å². The van der Waals surface area contributed by atoms with Gasteiger partial charge in [0, 0.05) is 43.4 Å². The number of para-hydroxylation sites is 3. The molecule has 0 saturated carbocycles. The Balaban J connectivity index is 0.909. The van der Waals surface area contributed by atoms with Crippen molar-refractivity contribution < 1.29 is 8.83 Å². The number of fused-ring (bicyclic) bond motifs is 9. The molecule has 326 valence electrons. The Bertz CT molecular complexity index is 4150. The third-order valence-corrected chi connectivity index (χ3v) is 13.9. The minimum absolute atomic E-state index is 0.204. The molecule has 4 heterocycles. The molecule has 0 bridgehead atoms. The van der Waals surface area contributed by atoms with Gasteiger partial charge in [-0.3, -0.25) is 5.32 Å². The average Bonchev–Trinajstić information content (AvgIpc) is 4.11. The van der Waals surface area contributed by atoms with Crippen molar-refractivity contribution in [3.63, 3.8) is 0 Å². The highest BCUT2D eigenvalue weighted by Crippen LogP contribution is 2.47. The van der Waals surface area contributed by atoms with E-state index in [2.05, 4.69) is 228 Å². The maximum absolute atomic E-state index is 7.00. The Morgan fingerprint density at radius 1 is 0.391 bits per heavy atom. The number of hydrogen-bond donors (Lipinski definition) is 2. The molecule has 6 nitrogen and oxygen atoms in total. The molecular formula is C63H42N4O2. The van der Waals surface area contributed by atoms with Gasteiger partial charge in [0.2, 0.25) is 0 Å². The number of aromatic nitrogens is 1. The number of nitrogens with zero attached hydrogens (tertiary/aromatic N) is 2. The minimum atomic E-state index is -0.229. The molecule has 1 aliphatic rings. The monoisotopic (exact) mass is 886 g/mol. The van der Waals surface area contributed by atoms with Crippen LogP contribution in [0.15, 0.2) is 244 Å². The summed E-state index contributed by atoms with van der Waals surface area (Å²) in [6.45, 7) is 0. The van der Waals surface area contributed by atoms with Crippen molar-refractivity contribution in [3.05, 3.63) is 247 Å². The van der Waals surface area contributed by atoms with Gasteiger partial charge in [0.15, 0.2) is 5.58 Å². The molecule has 69 heavy (non-hydrogen) atoms. The molecule has 0 radical (unpaired) electrons. The lowest BCUT2D eigenvalue weighted by atomic mass is 9.92. The lowest BCUT2D eigenvalue weighted by Crippen LogP contribution is -2.44. The van der Waals surface area contributed by atoms with E-state index in [1.54, 1.807) is 0 Å². The van der Waals surface area contributed by atoms with Crippen LogP contribution in [-0.4, -0.2) is 10.4 Å². The van der Waals surface area contributed by atoms with Crippen LogP contribution in [-0.2, 0) is 0 Å². The molecule has 0 spiro atoms. The van der Waals surface area contributed by atoms with Crippen LogP contribution >= 0.6 is 0 Å². The van der Waals surface area contributed by atoms with Gasteiger partial charge in [0.05, 0.1) is 16.7 Å². The van der Waals surface area contributed by atoms with Gasteiger partial charge in [-0.05, 0) is 87.5 Å². The summed E-state index contributed by atoms with van der Waals surface area (Å²) >= 11 is 0. The quantitative estimate of drug-likeness (QED) is 0.167. The number of furan rings is 2. The van der Waals surface area contributed by atoms with E-state index in [1.165, 1.54) is 21.9 Å². The summed E-state index contributed by atoms with van der Waals surface area (Å²) in [4.78, 5) is 5.15. The Labute approximate surface area is 397 Å². The predicted molar refractivity (Wildman–Crippen MR) is 283 cm³/mol. The van der Waals surface area contributed by atoms with Crippen LogP contribution < -0.4 is 10.6 Å². The van der Waals surface area contributed by atoms with Gasteiger partial charge in [0.1, 0.15) is 34.9 Å². The van der Waals surface area contributed by atoms with Crippen molar-refractivity contribution >= 4 is 71.5 Å². The van der Waals surface area contributed by atoms with Crippen LogP contribution in [0.25, 0.3) is 105 Å². The summed E-state index contributed by atoms with van der Waals surface area (Å²) in [5, 5.41) is 14.2. The summed E-state index contributed by atoms with van der Waals surface area (Å²) in [5.74, 6) is 0.853. The van der Waals surface area contributed by atoms with E-state index in [0.717, 1.165) is 105 Å². The first-order chi connectivity index (χ1) is 34.2. The van der Waals surface area contributed by atoms with Gasteiger partial charge in [-0.15, -0.1) is 0 Å². The first kappa shape index (κ1) is 39.2. The zero-order valence-corrected chi connectivity index (χ0v) is 37.3. The van der Waals surface area contributed by atoms with Crippen molar-refractivity contribution in [1.82, 2.24) is 15.2 Å². The van der Waals surface area contributed by atoms with Crippen molar-refractivity contribution in [2.45, 2.75) is 12.3 Å². The molecule has 0 saturated heterocycles. The number of aliphatic imine (C=N–C) groups is 1. The highest BCUT2D eigenvalue weighted by Gasteiger charge is 2.27. The Hall–Kier alpha value is -8.97. The first-order valence-corrected chi connectivity index (χ1v) is 23.5. The summed E-state index contributed by atoms with van der Waals surface area (Å²) in [6, 6.07) is 81.4. The second-order valence-electron chi connectivity index (χ2n) is 17.9. The zero-order chi connectivity index (χ0) is 45.4. The highest BCUT2D eigenvalue weighted by molar-refractivity contribution is 6.21. The normalized spacial score (nSPS) is 15.1. The molecular weight excluding hydrogens is 845 g/mol. The van der Waals surface area contributed by atoms with Crippen molar-refractivity contribution in [1.29, 1.82) is 0 Å². The topological polar surface area (TPSA) is 67.6 Å². The number of amidine groups is 1. The van der Waals surface area contributed by atoms with Crippen LogP contribution in [0.1, 0.15) is 29.0 Å². The van der Waals surface area contributed by atoms with Crippen LogP contribution in [0.3, 0.4) is 0 Å². The van der Waals surface area contributed by atoms with E-state index in [9.17, 15) is 0 Å². The van der Waals surface area contributed by atoms with E-state index in [0.29, 0.717) is 0 Å². The van der Waals surface area contributed by atoms with Gasteiger partial charge >= 0.3 is 0 Å². The third kappa shape index (κ3) is 6.41. The lowest BCUT2D eigenvalue weighted by molar-refractivity contribution is 0.409. The third-order valence-electron chi connectivity index (χ3n) is 13.9. The molecule has 14 rings (SSSR count). The molecule has 0 amide bonds. The van der Waals surface area contributed by atoms with Crippen LogP contribution in [0.2, 0.25) is 0 Å². The van der Waals surface area contributed by atoms with Crippen LogP contribution in [0.5, 0.6) is 0 Å². The standard InChI is InChI=1S/C63H42N4O2/c1-4-17-39(18-5-1)42-33-36-53-51(38-42)46-25-10-12-29-52(46)67(53)54-30-15-28-50-57-47(27-16-32-56(57)69-59(50)54)48-35-34-45(58-49-26-11-13-31-55(49)68-60(48)58)43-23-14-24-44(37-43)63-65-61(40-19-6-2-7-20-40)64-62(66-63)41-21-8-3-9-22-41/h1-38,61,63,65H,(H,64,66). The zero-order valence-electron chi connectivity index (χ0n) is 37.3. The van der Waals surface area contributed by atoms with Crippen molar-refractivity contribution in [2.24, 2.45) is 4.99 Å². The number of nitrogens with one attached hydrogen (secondary N) is 2. The largest absolute Gasteiger partial charge is 0.455 e. The summed E-state index contributed by atoms with van der Waals surface area (Å²) in [7, 11) is 0. The first-order valence-electron chi connectivity index (χ1n) is 23.5. The van der Waals surface area contributed by atoms with Crippen molar-refractivity contribution in [2.75, 3.05) is 0 Å². The summed E-state index contributed by atoms with van der Waals surface area (Å²) < 4.78 is 16.3. The fourth-order valence-corrected chi connectivity index (χ4v) is 10.7. The molecule has 2 N–H and O–H groups in total. The second kappa shape index (κ2) is 15.8. The summed E-state index contributed by atoms with van der Waals surface area (Å²) in [6.07, 6.45) is -0.433. The molecule has 0 aliphatic carbocycles. The average molecular weight is 887 g/mol.